The van der Waals surface area contributed by atoms with E-state index in [4.69, 9.17) is 26.3 Å². The number of carbonyl (C=O) groups is 1. The minimum Gasteiger partial charge on any atom is -0.458 e. The number of thiophene rings is 1. The van der Waals surface area contributed by atoms with Crippen LogP contribution in [0.3, 0.4) is 0 Å². The molecular formula is C22H18ClN3O3S. The van der Waals surface area contributed by atoms with Gasteiger partial charge in [-0.2, -0.15) is 0 Å². The molecular weight excluding hydrogens is 422 g/mol. The van der Waals surface area contributed by atoms with Crippen LogP contribution in [0.25, 0.3) is 26.1 Å². The van der Waals surface area contributed by atoms with Crippen molar-refractivity contribution in [2.45, 2.75) is 39.2 Å². The molecule has 1 aliphatic carbocycles. The topological polar surface area (TPSA) is 74.1 Å². The molecule has 0 fully saturated rings. The second-order valence-electron chi connectivity index (χ2n) is 7.40. The van der Waals surface area contributed by atoms with Gasteiger partial charge in [-0.05, 0) is 44.4 Å². The van der Waals surface area contributed by atoms with Crippen LogP contribution in [0, 0.1) is 6.92 Å². The first-order valence-electron chi connectivity index (χ1n) is 9.72. The molecule has 1 aliphatic rings. The fourth-order valence-electron chi connectivity index (χ4n) is 4.11. The van der Waals surface area contributed by atoms with Crippen molar-refractivity contribution < 1.29 is 9.53 Å². The van der Waals surface area contributed by atoms with E-state index in [0.29, 0.717) is 26.8 Å². The summed E-state index contributed by atoms with van der Waals surface area (Å²) in [5.41, 5.74) is 2.91. The van der Waals surface area contributed by atoms with Gasteiger partial charge in [0, 0.05) is 23.6 Å². The molecule has 0 aliphatic heterocycles. The van der Waals surface area contributed by atoms with Gasteiger partial charge in [0.05, 0.1) is 16.2 Å². The molecule has 1 atom stereocenters. The molecule has 0 amide bonds. The molecule has 152 valence electrons. The lowest BCUT2D eigenvalue weighted by molar-refractivity contribution is -0.147. The van der Waals surface area contributed by atoms with Crippen molar-refractivity contribution in [3.05, 3.63) is 62.8 Å². The first-order valence-corrected chi connectivity index (χ1v) is 10.9. The van der Waals surface area contributed by atoms with Gasteiger partial charge in [0.25, 0.3) is 5.56 Å². The Morgan fingerprint density at radius 2 is 2.10 bits per heavy atom. The van der Waals surface area contributed by atoms with Gasteiger partial charge in [-0.15, -0.1) is 11.3 Å². The number of pyridine rings is 1. The van der Waals surface area contributed by atoms with E-state index in [-0.39, 0.29) is 17.6 Å². The Balaban J connectivity index is 1.77. The predicted molar refractivity (Wildman–Crippen MR) is 118 cm³/mol. The van der Waals surface area contributed by atoms with E-state index < -0.39 is 0 Å². The Morgan fingerprint density at radius 3 is 2.87 bits per heavy atom. The number of hydrogen-bond acceptors (Lipinski definition) is 6. The maximum atomic E-state index is 13.4. The molecule has 0 bridgehead atoms. The molecule has 8 heteroatoms. The number of aromatic nitrogens is 3. The first kappa shape index (κ1) is 19.2. The Hall–Kier alpha value is -2.77. The van der Waals surface area contributed by atoms with Gasteiger partial charge in [0.15, 0.2) is 0 Å². The molecule has 0 N–H and O–H groups in total. The zero-order chi connectivity index (χ0) is 21.0. The fraction of sp³-hybridized carbons (Fsp3) is 0.273. The van der Waals surface area contributed by atoms with Crippen LogP contribution in [0.5, 0.6) is 0 Å². The summed E-state index contributed by atoms with van der Waals surface area (Å²) in [5, 5.41) is 1.31. The Bertz CT molecular complexity index is 1390. The fourth-order valence-corrected chi connectivity index (χ4v) is 5.37. The molecule has 0 saturated carbocycles. The highest BCUT2D eigenvalue weighted by atomic mass is 35.5. The van der Waals surface area contributed by atoms with Crippen molar-refractivity contribution in [2.24, 2.45) is 0 Å². The summed E-state index contributed by atoms with van der Waals surface area (Å²) < 4.78 is 7.60. The summed E-state index contributed by atoms with van der Waals surface area (Å²) in [6.45, 7) is 3.21. The van der Waals surface area contributed by atoms with E-state index in [9.17, 15) is 9.59 Å². The van der Waals surface area contributed by atoms with Gasteiger partial charge in [0.1, 0.15) is 21.5 Å². The minimum atomic E-state index is -0.306. The zero-order valence-electron chi connectivity index (χ0n) is 16.4. The largest absolute Gasteiger partial charge is 0.458 e. The van der Waals surface area contributed by atoms with E-state index in [2.05, 4.69) is 0 Å². The smallest absolute Gasteiger partial charge is 0.303 e. The molecule has 0 saturated heterocycles. The predicted octanol–water partition coefficient (Wildman–Crippen LogP) is 4.90. The molecule has 1 aromatic carbocycles. The lowest BCUT2D eigenvalue weighted by Crippen LogP contribution is -2.21. The average molecular weight is 440 g/mol. The van der Waals surface area contributed by atoms with Crippen LogP contribution in [0.4, 0.5) is 0 Å². The number of benzene rings is 1. The second kappa shape index (κ2) is 7.18. The van der Waals surface area contributed by atoms with E-state index in [0.717, 1.165) is 40.7 Å². The quantitative estimate of drug-likeness (QED) is 0.415. The summed E-state index contributed by atoms with van der Waals surface area (Å²) >= 11 is 7.68. The van der Waals surface area contributed by atoms with Crippen LogP contribution in [-0.2, 0) is 16.0 Å². The molecule has 0 spiro atoms. The number of hydrogen-bond donors (Lipinski definition) is 0. The highest BCUT2D eigenvalue weighted by Crippen LogP contribution is 2.38. The number of halogens is 1. The SMILES string of the molecule is CC(=O)OC1CCCc2nc3sc4c(=O)n(-c5ccccc5Cl)c(C)nc4c3cc21. The number of nitrogens with zero attached hydrogens (tertiary/aromatic N) is 3. The molecule has 6 nitrogen and oxygen atoms in total. The number of esters is 1. The van der Waals surface area contributed by atoms with E-state index in [1.54, 1.807) is 23.6 Å². The van der Waals surface area contributed by atoms with Gasteiger partial charge in [0.2, 0.25) is 0 Å². The Kier molecular flexibility index (Phi) is 4.60. The number of fused-ring (bicyclic) bond motifs is 4. The van der Waals surface area contributed by atoms with Crippen molar-refractivity contribution in [3.63, 3.8) is 0 Å². The highest BCUT2D eigenvalue weighted by Gasteiger charge is 2.26. The molecule has 5 rings (SSSR count). The third-order valence-electron chi connectivity index (χ3n) is 5.39. The van der Waals surface area contributed by atoms with E-state index in [1.807, 2.05) is 18.2 Å². The van der Waals surface area contributed by atoms with Crippen molar-refractivity contribution in [2.75, 3.05) is 0 Å². The number of para-hydroxylation sites is 1. The molecule has 0 radical (unpaired) electrons. The zero-order valence-corrected chi connectivity index (χ0v) is 18.0. The summed E-state index contributed by atoms with van der Waals surface area (Å²) in [6, 6.07) is 9.22. The maximum absolute atomic E-state index is 13.4. The Labute approximate surface area is 181 Å². The third kappa shape index (κ3) is 3.00. The van der Waals surface area contributed by atoms with E-state index >= 15 is 0 Å². The van der Waals surface area contributed by atoms with Gasteiger partial charge in [-0.3, -0.25) is 14.2 Å². The normalized spacial score (nSPS) is 16.0. The van der Waals surface area contributed by atoms with Crippen LogP contribution in [0.2, 0.25) is 5.02 Å². The van der Waals surface area contributed by atoms with Crippen LogP contribution in [0.1, 0.15) is 43.0 Å². The summed E-state index contributed by atoms with van der Waals surface area (Å²) in [6.07, 6.45) is 2.20. The van der Waals surface area contributed by atoms with Crippen molar-refractivity contribution in [3.8, 4) is 5.69 Å². The van der Waals surface area contributed by atoms with Crippen LogP contribution in [-0.4, -0.2) is 20.5 Å². The number of carbonyl (C=O) groups excluding carboxylic acids is 1. The monoisotopic (exact) mass is 439 g/mol. The van der Waals surface area contributed by atoms with Crippen molar-refractivity contribution in [1.82, 2.24) is 14.5 Å². The summed E-state index contributed by atoms with van der Waals surface area (Å²) in [4.78, 5) is 35.2. The van der Waals surface area contributed by atoms with Crippen LogP contribution in [0.15, 0.2) is 35.1 Å². The van der Waals surface area contributed by atoms with Gasteiger partial charge in [-0.25, -0.2) is 9.97 Å². The summed E-state index contributed by atoms with van der Waals surface area (Å²) in [5.74, 6) is 0.245. The molecule has 1 unspecified atom stereocenters. The molecule has 3 aromatic heterocycles. The van der Waals surface area contributed by atoms with Crippen LogP contribution >= 0.6 is 22.9 Å². The number of rotatable bonds is 2. The van der Waals surface area contributed by atoms with Crippen molar-refractivity contribution in [1.29, 1.82) is 0 Å². The van der Waals surface area contributed by atoms with E-state index in [1.165, 1.54) is 18.3 Å². The highest BCUT2D eigenvalue weighted by molar-refractivity contribution is 7.25. The summed E-state index contributed by atoms with van der Waals surface area (Å²) in [7, 11) is 0. The molecule has 30 heavy (non-hydrogen) atoms. The van der Waals surface area contributed by atoms with Gasteiger partial charge >= 0.3 is 5.97 Å². The minimum absolute atomic E-state index is 0.164. The standard InChI is InChI=1S/C22H18ClN3O3S/c1-11-24-19-14-10-13-16(7-5-9-18(13)29-12(2)27)25-21(14)30-20(19)22(28)26(11)17-8-4-3-6-15(17)23/h3-4,6,8,10,18H,5,7,9H2,1-2H3. The lowest BCUT2D eigenvalue weighted by Gasteiger charge is -2.24. The molecule has 4 aromatic rings. The number of aryl methyl sites for hydroxylation is 2. The van der Waals surface area contributed by atoms with Gasteiger partial charge < -0.3 is 4.74 Å². The van der Waals surface area contributed by atoms with Crippen LogP contribution < -0.4 is 5.56 Å². The number of ether oxygens (including phenoxy) is 1. The third-order valence-corrected chi connectivity index (χ3v) is 6.79. The lowest BCUT2D eigenvalue weighted by atomic mass is 9.92. The van der Waals surface area contributed by atoms with Crippen molar-refractivity contribution >= 4 is 49.3 Å². The molecule has 3 heterocycles. The average Bonchev–Trinajstić information content (AvgIpc) is 3.05. The van der Waals surface area contributed by atoms with Gasteiger partial charge in [-0.1, -0.05) is 23.7 Å². The first-order chi connectivity index (χ1) is 14.4. The Morgan fingerprint density at radius 1 is 1.30 bits per heavy atom. The maximum Gasteiger partial charge on any atom is 0.303 e. The second-order valence-corrected chi connectivity index (χ2v) is 8.80.